The highest BCUT2D eigenvalue weighted by molar-refractivity contribution is 7.92. The van der Waals surface area contributed by atoms with E-state index in [1.54, 1.807) is 29.2 Å². The molecule has 1 heterocycles. The molecule has 1 aromatic heterocycles. The molecule has 41 heavy (non-hydrogen) atoms. The first-order valence-corrected chi connectivity index (χ1v) is 14.8. The molecule has 0 atom stereocenters. The van der Waals surface area contributed by atoms with Gasteiger partial charge in [-0.1, -0.05) is 17.7 Å². The zero-order valence-corrected chi connectivity index (χ0v) is 25.6. The largest absolute Gasteiger partial charge is 0.493 e. The molecule has 1 saturated carbocycles. The predicted molar refractivity (Wildman–Crippen MR) is 159 cm³/mol. The van der Waals surface area contributed by atoms with Crippen molar-refractivity contribution in [3.63, 3.8) is 0 Å². The molecule has 0 radical (unpaired) electrons. The van der Waals surface area contributed by atoms with Crippen LogP contribution in [0.3, 0.4) is 0 Å². The number of hydrogen-bond acceptors (Lipinski definition) is 8. The lowest BCUT2D eigenvalue weighted by Crippen LogP contribution is -2.44. The summed E-state index contributed by atoms with van der Waals surface area (Å²) in [6.45, 7) is 1.67. The summed E-state index contributed by atoms with van der Waals surface area (Å²) in [6, 6.07) is 13.0. The first-order valence-electron chi connectivity index (χ1n) is 13.0. The first-order chi connectivity index (χ1) is 19.5. The Labute approximate surface area is 246 Å². The van der Waals surface area contributed by atoms with Crippen molar-refractivity contribution >= 4 is 38.9 Å². The Balaban J connectivity index is 1.77. The molecule has 1 aliphatic carbocycles. The predicted octanol–water partition coefficient (Wildman–Crippen LogP) is 4.52. The highest BCUT2D eigenvalue weighted by Crippen LogP contribution is 2.37. The second-order valence-corrected chi connectivity index (χ2v) is 12.2. The van der Waals surface area contributed by atoms with Gasteiger partial charge in [-0.3, -0.25) is 9.10 Å². The molecule has 0 aliphatic heterocycles. The number of halogens is 1. The van der Waals surface area contributed by atoms with E-state index in [0.29, 0.717) is 17.3 Å². The Bertz CT molecular complexity index is 1530. The van der Waals surface area contributed by atoms with Gasteiger partial charge in [-0.2, -0.15) is 0 Å². The number of ether oxygens (including phenoxy) is 3. The molecule has 0 N–H and O–H groups in total. The standard InChI is InChI=1S/C29H35ClN4O6S/c1-19-7-14-28(40-6)31-24(19)17-33(20-8-9-20)29(35)18-34(25-15-21(32(2)3)10-12-23(25)30)41(36,37)22-11-13-26(38-4)27(16-22)39-5/h7,10-16,20H,8-9,17-18H2,1-6H3. The van der Waals surface area contributed by atoms with Gasteiger partial charge in [0.15, 0.2) is 11.5 Å². The molecular formula is C29H35ClN4O6S. The number of benzene rings is 2. The molecular weight excluding hydrogens is 568 g/mol. The number of pyridine rings is 1. The van der Waals surface area contributed by atoms with Gasteiger partial charge in [0, 0.05) is 38.0 Å². The van der Waals surface area contributed by atoms with E-state index >= 15 is 0 Å². The number of nitrogens with zero attached hydrogens (tertiary/aromatic N) is 4. The molecule has 1 amide bonds. The van der Waals surface area contributed by atoms with Crippen molar-refractivity contribution in [1.29, 1.82) is 0 Å². The highest BCUT2D eigenvalue weighted by Gasteiger charge is 2.37. The third-order valence-electron chi connectivity index (χ3n) is 6.95. The third-order valence-corrected chi connectivity index (χ3v) is 9.03. The molecule has 3 aromatic rings. The van der Waals surface area contributed by atoms with Crippen LogP contribution in [-0.4, -0.2) is 72.2 Å². The molecule has 0 bridgehead atoms. The Morgan fingerprint density at radius 2 is 1.68 bits per heavy atom. The molecule has 1 aliphatic rings. The molecule has 0 saturated heterocycles. The van der Waals surface area contributed by atoms with Crippen molar-refractivity contribution in [1.82, 2.24) is 9.88 Å². The molecule has 1 fully saturated rings. The van der Waals surface area contributed by atoms with Crippen LogP contribution >= 0.6 is 11.6 Å². The monoisotopic (exact) mass is 602 g/mol. The number of amides is 1. The molecule has 2 aromatic carbocycles. The van der Waals surface area contributed by atoms with Crippen LogP contribution in [0.1, 0.15) is 24.1 Å². The normalized spacial score (nSPS) is 13.0. The Morgan fingerprint density at radius 1 is 0.976 bits per heavy atom. The lowest BCUT2D eigenvalue weighted by Gasteiger charge is -2.30. The van der Waals surface area contributed by atoms with Gasteiger partial charge < -0.3 is 24.0 Å². The Kier molecular flexibility index (Phi) is 9.18. The van der Waals surface area contributed by atoms with Crippen molar-refractivity contribution in [2.45, 2.75) is 37.2 Å². The third kappa shape index (κ3) is 6.62. The number of aromatic nitrogens is 1. The summed E-state index contributed by atoms with van der Waals surface area (Å²) in [7, 11) is 3.81. The minimum Gasteiger partial charge on any atom is -0.493 e. The van der Waals surface area contributed by atoms with Gasteiger partial charge in [-0.25, -0.2) is 13.4 Å². The number of hydrogen-bond donors (Lipinski definition) is 0. The zero-order chi connectivity index (χ0) is 29.9. The van der Waals surface area contributed by atoms with Crippen molar-refractivity contribution in [3.8, 4) is 17.4 Å². The lowest BCUT2D eigenvalue weighted by atomic mass is 10.2. The van der Waals surface area contributed by atoms with E-state index in [2.05, 4.69) is 4.98 Å². The van der Waals surface area contributed by atoms with Crippen LogP contribution in [0.25, 0.3) is 0 Å². The van der Waals surface area contributed by atoms with E-state index in [1.807, 2.05) is 32.0 Å². The van der Waals surface area contributed by atoms with E-state index in [4.69, 9.17) is 25.8 Å². The van der Waals surface area contributed by atoms with Crippen LogP contribution in [0.15, 0.2) is 53.4 Å². The summed E-state index contributed by atoms with van der Waals surface area (Å²) < 4.78 is 45.4. The SMILES string of the molecule is COc1ccc(C)c(CN(C(=O)CN(c2cc(N(C)C)ccc2Cl)S(=O)(=O)c2ccc(OC)c(OC)c2)C2CC2)n1. The molecule has 0 unspecified atom stereocenters. The number of sulfonamides is 1. The van der Waals surface area contributed by atoms with E-state index in [0.717, 1.165) is 28.4 Å². The summed E-state index contributed by atoms with van der Waals surface area (Å²) in [5.74, 6) is 0.695. The first kappa shape index (κ1) is 30.3. The second-order valence-electron chi connectivity index (χ2n) is 9.93. The summed E-state index contributed by atoms with van der Waals surface area (Å²) in [5, 5.41) is 0.190. The summed E-state index contributed by atoms with van der Waals surface area (Å²) in [6.07, 6.45) is 1.65. The molecule has 220 valence electrons. The second kappa shape index (κ2) is 12.4. The maximum atomic E-state index is 14.2. The van der Waals surface area contributed by atoms with Crippen LogP contribution < -0.4 is 23.4 Å². The fourth-order valence-corrected chi connectivity index (χ4v) is 6.09. The van der Waals surface area contributed by atoms with Crippen molar-refractivity contribution < 1.29 is 27.4 Å². The number of methoxy groups -OCH3 is 3. The molecule has 12 heteroatoms. The van der Waals surface area contributed by atoms with Crippen molar-refractivity contribution in [2.75, 3.05) is 51.2 Å². The van der Waals surface area contributed by atoms with Crippen LogP contribution in [0.2, 0.25) is 5.02 Å². The topological polar surface area (TPSA) is 102 Å². The van der Waals surface area contributed by atoms with Crippen LogP contribution in [0.5, 0.6) is 17.4 Å². The van der Waals surface area contributed by atoms with E-state index in [1.165, 1.54) is 39.5 Å². The van der Waals surface area contributed by atoms with Crippen molar-refractivity contribution in [3.05, 3.63) is 64.8 Å². The number of aryl methyl sites for hydroxylation is 1. The van der Waals surface area contributed by atoms with E-state index in [9.17, 15) is 13.2 Å². The number of carbonyl (C=O) groups excluding carboxylic acids is 1. The van der Waals surface area contributed by atoms with Gasteiger partial charge in [0.1, 0.15) is 6.54 Å². The smallest absolute Gasteiger partial charge is 0.264 e. The van der Waals surface area contributed by atoms with Gasteiger partial charge in [0.05, 0.1) is 49.2 Å². The van der Waals surface area contributed by atoms with Gasteiger partial charge in [-0.05, 0) is 55.7 Å². The number of rotatable bonds is 12. The average molecular weight is 603 g/mol. The summed E-state index contributed by atoms with van der Waals surface area (Å²) >= 11 is 6.60. The Hall–Kier alpha value is -3.70. The maximum Gasteiger partial charge on any atom is 0.264 e. The van der Waals surface area contributed by atoms with Gasteiger partial charge in [-0.15, -0.1) is 0 Å². The molecule has 4 rings (SSSR count). The highest BCUT2D eigenvalue weighted by atomic mass is 35.5. The minimum atomic E-state index is -4.29. The van der Waals surface area contributed by atoms with Gasteiger partial charge >= 0.3 is 0 Å². The summed E-state index contributed by atoms with van der Waals surface area (Å²) in [4.78, 5) is 22.0. The fraction of sp³-hybridized carbons (Fsp3) is 0.379. The van der Waals surface area contributed by atoms with Gasteiger partial charge in [0.2, 0.25) is 11.8 Å². The molecule has 0 spiro atoms. The minimum absolute atomic E-state index is 0.0101. The lowest BCUT2D eigenvalue weighted by molar-refractivity contribution is -0.130. The van der Waals surface area contributed by atoms with E-state index in [-0.39, 0.29) is 39.8 Å². The quantitative estimate of drug-likeness (QED) is 0.298. The fourth-order valence-electron chi connectivity index (χ4n) is 4.38. The van der Waals surface area contributed by atoms with Crippen LogP contribution in [0, 0.1) is 6.92 Å². The zero-order valence-electron chi connectivity index (χ0n) is 24.0. The number of carbonyl (C=O) groups is 1. The maximum absolute atomic E-state index is 14.2. The molecule has 10 nitrogen and oxygen atoms in total. The van der Waals surface area contributed by atoms with Crippen molar-refractivity contribution in [2.24, 2.45) is 0 Å². The van der Waals surface area contributed by atoms with Crippen LogP contribution in [-0.2, 0) is 21.4 Å². The van der Waals surface area contributed by atoms with Gasteiger partial charge in [0.25, 0.3) is 10.0 Å². The van der Waals surface area contributed by atoms with Crippen LogP contribution in [0.4, 0.5) is 11.4 Å². The average Bonchev–Trinajstić information content (AvgIpc) is 3.80. The van der Waals surface area contributed by atoms with E-state index < -0.39 is 16.6 Å². The Morgan fingerprint density at radius 3 is 2.29 bits per heavy atom. The number of anilines is 2. The summed E-state index contributed by atoms with van der Waals surface area (Å²) in [5.41, 5.74) is 2.50.